The highest BCUT2D eigenvalue weighted by atomic mass is 19.1. The van der Waals surface area contributed by atoms with Gasteiger partial charge in [0.1, 0.15) is 23.9 Å². The number of benzene rings is 2. The second kappa shape index (κ2) is 9.59. The maximum Gasteiger partial charge on any atom is 0.269 e. The molecule has 2 N–H and O–H groups in total. The average molecular weight is 473 g/mol. The molecule has 0 aliphatic carbocycles. The second-order valence-corrected chi connectivity index (χ2v) is 7.48. The van der Waals surface area contributed by atoms with Gasteiger partial charge in [-0.1, -0.05) is 24.3 Å². The molecule has 3 heterocycles. The first-order valence-corrected chi connectivity index (χ1v) is 10.7. The van der Waals surface area contributed by atoms with E-state index in [1.54, 1.807) is 37.4 Å². The Bertz CT molecular complexity index is 1500. The average Bonchev–Trinajstić information content (AvgIpc) is 3.54. The number of hydrogen-bond acceptors (Lipinski definition) is 7. The molecule has 0 unspecified atom stereocenters. The molecule has 0 spiro atoms. The molecule has 5 aromatic rings. The summed E-state index contributed by atoms with van der Waals surface area (Å²) < 4.78 is 26.0. The number of nitrogens with one attached hydrogen (secondary N) is 2. The zero-order chi connectivity index (χ0) is 24.2. The van der Waals surface area contributed by atoms with Crippen LogP contribution in [0.2, 0.25) is 0 Å². The van der Waals surface area contributed by atoms with Crippen LogP contribution in [0.5, 0.6) is 11.6 Å². The highest BCUT2D eigenvalue weighted by Gasteiger charge is 2.13. The summed E-state index contributed by atoms with van der Waals surface area (Å²) in [7, 11) is 1.59. The van der Waals surface area contributed by atoms with Crippen LogP contribution in [-0.4, -0.2) is 56.2 Å². The van der Waals surface area contributed by atoms with E-state index in [1.807, 2.05) is 24.3 Å². The Hall–Kier alpha value is -4.80. The minimum absolute atomic E-state index is 0.179. The van der Waals surface area contributed by atoms with E-state index in [9.17, 15) is 9.18 Å². The van der Waals surface area contributed by atoms with Crippen molar-refractivity contribution >= 4 is 11.6 Å². The first-order valence-electron chi connectivity index (χ1n) is 10.7. The summed E-state index contributed by atoms with van der Waals surface area (Å²) in [6, 6.07) is 18.4. The molecule has 176 valence electrons. The van der Waals surface area contributed by atoms with Gasteiger partial charge in [0, 0.05) is 17.2 Å². The molecular formula is C24H20FN7O3. The summed E-state index contributed by atoms with van der Waals surface area (Å²) in [6.07, 6.45) is 0. The number of ether oxygens (including phenoxy) is 2. The van der Waals surface area contributed by atoms with Crippen molar-refractivity contribution in [2.45, 2.75) is 0 Å². The maximum atomic E-state index is 13.6. The third-order valence-electron chi connectivity index (χ3n) is 5.15. The summed E-state index contributed by atoms with van der Waals surface area (Å²) in [5.41, 5.74) is 2.83. The molecule has 35 heavy (non-hydrogen) atoms. The van der Waals surface area contributed by atoms with E-state index in [-0.39, 0.29) is 24.9 Å². The van der Waals surface area contributed by atoms with E-state index in [4.69, 9.17) is 9.47 Å². The van der Waals surface area contributed by atoms with E-state index in [1.165, 1.54) is 16.6 Å². The van der Waals surface area contributed by atoms with Gasteiger partial charge >= 0.3 is 0 Å². The normalized spacial score (nSPS) is 10.9. The maximum absolute atomic E-state index is 13.6. The first-order chi connectivity index (χ1) is 17.1. The zero-order valence-corrected chi connectivity index (χ0v) is 18.6. The number of amides is 1. The molecule has 0 fully saturated rings. The third-order valence-corrected chi connectivity index (χ3v) is 5.15. The Kier molecular flexibility index (Phi) is 6.03. The predicted octanol–water partition coefficient (Wildman–Crippen LogP) is 3.14. The monoisotopic (exact) mass is 473 g/mol. The number of fused-ring (bicyclic) bond motifs is 1. The van der Waals surface area contributed by atoms with Gasteiger partial charge < -0.3 is 14.8 Å². The van der Waals surface area contributed by atoms with Gasteiger partial charge in [0.15, 0.2) is 11.5 Å². The number of aromatic nitrogens is 6. The van der Waals surface area contributed by atoms with Crippen molar-refractivity contribution in [3.8, 4) is 34.3 Å². The number of hydrogen-bond donors (Lipinski definition) is 2. The minimum atomic E-state index is -0.379. The highest BCUT2D eigenvalue weighted by Crippen LogP contribution is 2.23. The van der Waals surface area contributed by atoms with Crippen LogP contribution in [0.15, 0.2) is 66.7 Å². The number of aromatic amines is 1. The van der Waals surface area contributed by atoms with Crippen molar-refractivity contribution in [3.63, 3.8) is 0 Å². The van der Waals surface area contributed by atoms with Crippen molar-refractivity contribution in [1.82, 2.24) is 35.3 Å². The molecule has 11 heteroatoms. The van der Waals surface area contributed by atoms with Crippen LogP contribution in [0.1, 0.15) is 10.5 Å². The Labute approximate surface area is 198 Å². The fraction of sp³-hybridized carbons (Fsp3) is 0.125. The molecular weight excluding hydrogens is 453 g/mol. The van der Waals surface area contributed by atoms with Crippen molar-refractivity contribution in [3.05, 3.63) is 78.2 Å². The number of halogens is 1. The fourth-order valence-electron chi connectivity index (χ4n) is 3.44. The van der Waals surface area contributed by atoms with E-state index in [0.717, 1.165) is 5.56 Å². The number of methoxy groups -OCH3 is 1. The molecule has 3 aromatic heterocycles. The van der Waals surface area contributed by atoms with E-state index >= 15 is 0 Å². The lowest BCUT2D eigenvalue weighted by Gasteiger charge is -2.07. The van der Waals surface area contributed by atoms with Crippen LogP contribution >= 0.6 is 0 Å². The highest BCUT2D eigenvalue weighted by molar-refractivity contribution is 5.93. The van der Waals surface area contributed by atoms with Crippen LogP contribution in [0.3, 0.4) is 0 Å². The molecule has 1 amide bonds. The Morgan fingerprint density at radius 2 is 1.91 bits per heavy atom. The molecule has 2 aromatic carbocycles. The Balaban J connectivity index is 1.19. The van der Waals surface area contributed by atoms with Gasteiger partial charge in [0.2, 0.25) is 5.88 Å². The number of rotatable bonds is 8. The number of carbonyl (C=O) groups is 1. The summed E-state index contributed by atoms with van der Waals surface area (Å²) in [5, 5.41) is 22.2. The SMILES string of the molecule is COc1cccc(-c2cc(C(=O)NCCOc3ccc4nnc(-c5cccc(F)c5)n4n3)[nH]n2)c1. The first kappa shape index (κ1) is 22.0. The van der Waals surface area contributed by atoms with Gasteiger partial charge in [0.25, 0.3) is 5.91 Å². The van der Waals surface area contributed by atoms with Gasteiger partial charge in [0.05, 0.1) is 19.3 Å². The second-order valence-electron chi connectivity index (χ2n) is 7.48. The quantitative estimate of drug-likeness (QED) is 0.332. The predicted molar refractivity (Wildman–Crippen MR) is 125 cm³/mol. The smallest absolute Gasteiger partial charge is 0.269 e. The zero-order valence-electron chi connectivity index (χ0n) is 18.6. The van der Waals surface area contributed by atoms with Crippen LogP contribution in [0, 0.1) is 5.82 Å². The van der Waals surface area contributed by atoms with Gasteiger partial charge in [-0.05, 0) is 36.4 Å². The lowest BCUT2D eigenvalue weighted by atomic mass is 10.1. The van der Waals surface area contributed by atoms with Crippen molar-refractivity contribution in [2.75, 3.05) is 20.3 Å². The Morgan fingerprint density at radius 3 is 2.77 bits per heavy atom. The lowest BCUT2D eigenvalue weighted by Crippen LogP contribution is -2.28. The molecule has 0 bridgehead atoms. The van der Waals surface area contributed by atoms with Gasteiger partial charge in [-0.15, -0.1) is 15.3 Å². The minimum Gasteiger partial charge on any atom is -0.497 e. The van der Waals surface area contributed by atoms with Crippen LogP contribution in [0.25, 0.3) is 28.3 Å². The lowest BCUT2D eigenvalue weighted by molar-refractivity contribution is 0.0941. The van der Waals surface area contributed by atoms with Crippen LogP contribution in [0.4, 0.5) is 4.39 Å². The van der Waals surface area contributed by atoms with E-state index in [0.29, 0.717) is 40.1 Å². The molecule has 0 aliphatic rings. The summed E-state index contributed by atoms with van der Waals surface area (Å²) in [4.78, 5) is 12.5. The fourth-order valence-corrected chi connectivity index (χ4v) is 3.44. The number of carbonyl (C=O) groups excluding carboxylic acids is 1. The molecule has 5 rings (SSSR count). The largest absolute Gasteiger partial charge is 0.497 e. The Morgan fingerprint density at radius 1 is 1.06 bits per heavy atom. The van der Waals surface area contributed by atoms with Crippen molar-refractivity contribution in [2.24, 2.45) is 0 Å². The molecule has 0 aliphatic heterocycles. The number of H-pyrrole nitrogens is 1. The van der Waals surface area contributed by atoms with Crippen molar-refractivity contribution in [1.29, 1.82) is 0 Å². The third kappa shape index (κ3) is 4.78. The van der Waals surface area contributed by atoms with E-state index in [2.05, 4.69) is 30.8 Å². The van der Waals surface area contributed by atoms with Crippen molar-refractivity contribution < 1.29 is 18.7 Å². The molecule has 10 nitrogen and oxygen atoms in total. The van der Waals surface area contributed by atoms with E-state index < -0.39 is 0 Å². The summed E-state index contributed by atoms with van der Waals surface area (Å²) in [5.74, 6) is 0.714. The standard InChI is InChI=1S/C24H20FN7O3/c1-34-18-7-3-4-15(13-18)19-14-20(28-27-19)24(33)26-10-11-35-22-9-8-21-29-30-23(32(21)31-22)16-5-2-6-17(25)12-16/h2-9,12-14H,10-11H2,1H3,(H,26,33)(H,27,28). The van der Waals surface area contributed by atoms with Gasteiger partial charge in [-0.25, -0.2) is 4.39 Å². The summed E-state index contributed by atoms with van der Waals surface area (Å²) in [6.45, 7) is 0.420. The van der Waals surface area contributed by atoms with Gasteiger partial charge in [-0.3, -0.25) is 9.89 Å². The topological polar surface area (TPSA) is 119 Å². The molecule has 0 atom stereocenters. The molecule has 0 radical (unpaired) electrons. The van der Waals surface area contributed by atoms with Gasteiger partial charge in [-0.2, -0.15) is 9.61 Å². The van der Waals surface area contributed by atoms with Crippen LogP contribution < -0.4 is 14.8 Å². The number of nitrogens with zero attached hydrogens (tertiary/aromatic N) is 5. The molecule has 0 saturated carbocycles. The molecule has 0 saturated heterocycles. The summed E-state index contributed by atoms with van der Waals surface area (Å²) >= 11 is 0. The van der Waals surface area contributed by atoms with Crippen LogP contribution in [-0.2, 0) is 0 Å².